The van der Waals surface area contributed by atoms with Crippen LogP contribution in [0, 0.1) is 6.92 Å². The summed E-state index contributed by atoms with van der Waals surface area (Å²) in [5.74, 6) is 1.02. The van der Waals surface area contributed by atoms with E-state index in [2.05, 4.69) is 41.4 Å². The standard InChI is InChI=1S/C23H28N2O4/c1-16-4-6-17(7-5-16)19(25(2)3)15-24-23(27)11-9-20(26)18-8-10-21-22(14-18)29-13-12-28-21/h4-8,10,14,19H,9,11-13,15H2,1-3H3,(H,24,27). The second-order valence-corrected chi connectivity index (χ2v) is 7.48. The summed E-state index contributed by atoms with van der Waals surface area (Å²) in [7, 11) is 3.98. The van der Waals surface area contributed by atoms with E-state index < -0.39 is 0 Å². The molecule has 0 bridgehead atoms. The highest BCUT2D eigenvalue weighted by Crippen LogP contribution is 2.31. The number of likely N-dealkylation sites (N-methyl/N-ethyl adjacent to an activating group) is 1. The number of benzene rings is 2. The summed E-state index contributed by atoms with van der Waals surface area (Å²) in [6.07, 6.45) is 0.309. The van der Waals surface area contributed by atoms with Gasteiger partial charge in [0.05, 0.1) is 6.04 Å². The molecule has 0 radical (unpaired) electrons. The van der Waals surface area contributed by atoms with Crippen molar-refractivity contribution in [3.05, 3.63) is 59.2 Å². The van der Waals surface area contributed by atoms with Gasteiger partial charge in [-0.1, -0.05) is 29.8 Å². The lowest BCUT2D eigenvalue weighted by atomic mass is 10.0. The Kier molecular flexibility index (Phi) is 6.88. The number of fused-ring (bicyclic) bond motifs is 1. The first kappa shape index (κ1) is 20.9. The highest BCUT2D eigenvalue weighted by molar-refractivity contribution is 5.98. The van der Waals surface area contributed by atoms with Crippen LogP contribution in [-0.4, -0.2) is 50.4 Å². The fraction of sp³-hybridized carbons (Fsp3) is 0.391. The van der Waals surface area contributed by atoms with Gasteiger partial charge in [0.2, 0.25) is 5.91 Å². The van der Waals surface area contributed by atoms with Crippen LogP contribution in [0.4, 0.5) is 0 Å². The van der Waals surface area contributed by atoms with E-state index >= 15 is 0 Å². The molecule has 6 heteroatoms. The van der Waals surface area contributed by atoms with Crippen molar-refractivity contribution in [3.63, 3.8) is 0 Å². The topological polar surface area (TPSA) is 67.9 Å². The second kappa shape index (κ2) is 9.56. The highest BCUT2D eigenvalue weighted by Gasteiger charge is 2.18. The Labute approximate surface area is 171 Å². The predicted octanol–water partition coefficient (Wildman–Crippen LogP) is 3.15. The van der Waals surface area contributed by atoms with E-state index in [1.54, 1.807) is 18.2 Å². The van der Waals surface area contributed by atoms with E-state index in [0.717, 1.165) is 5.56 Å². The van der Waals surface area contributed by atoms with Crippen molar-refractivity contribution >= 4 is 11.7 Å². The maximum absolute atomic E-state index is 12.5. The van der Waals surface area contributed by atoms with Crippen molar-refractivity contribution < 1.29 is 19.1 Å². The van der Waals surface area contributed by atoms with Gasteiger partial charge in [-0.2, -0.15) is 0 Å². The van der Waals surface area contributed by atoms with Crippen molar-refractivity contribution in [1.29, 1.82) is 0 Å². The van der Waals surface area contributed by atoms with Crippen LogP contribution in [-0.2, 0) is 4.79 Å². The van der Waals surface area contributed by atoms with Crippen molar-refractivity contribution in [1.82, 2.24) is 10.2 Å². The van der Waals surface area contributed by atoms with Crippen LogP contribution in [0.3, 0.4) is 0 Å². The van der Waals surface area contributed by atoms with Gasteiger partial charge in [-0.05, 0) is 44.8 Å². The Balaban J connectivity index is 1.51. The Hall–Kier alpha value is -2.86. The highest BCUT2D eigenvalue weighted by atomic mass is 16.6. The van der Waals surface area contributed by atoms with Crippen LogP contribution in [0.2, 0.25) is 0 Å². The molecule has 1 heterocycles. The summed E-state index contributed by atoms with van der Waals surface area (Å²) in [5, 5.41) is 2.96. The lowest BCUT2D eigenvalue weighted by Crippen LogP contribution is -2.34. The summed E-state index contributed by atoms with van der Waals surface area (Å²) in [5.41, 5.74) is 2.88. The number of hydrogen-bond acceptors (Lipinski definition) is 5. The van der Waals surface area contributed by atoms with Gasteiger partial charge in [0, 0.05) is 24.9 Å². The molecule has 6 nitrogen and oxygen atoms in total. The summed E-state index contributed by atoms with van der Waals surface area (Å²) < 4.78 is 11.0. The number of nitrogens with zero attached hydrogens (tertiary/aromatic N) is 1. The van der Waals surface area contributed by atoms with Crippen LogP contribution in [0.25, 0.3) is 0 Å². The average molecular weight is 396 g/mol. The van der Waals surface area contributed by atoms with Gasteiger partial charge in [0.1, 0.15) is 13.2 Å². The first-order valence-electron chi connectivity index (χ1n) is 9.86. The number of nitrogens with one attached hydrogen (secondary N) is 1. The number of ether oxygens (including phenoxy) is 2. The molecule has 0 saturated carbocycles. The molecule has 2 aromatic carbocycles. The van der Waals surface area contributed by atoms with Gasteiger partial charge in [0.25, 0.3) is 0 Å². The minimum Gasteiger partial charge on any atom is -0.486 e. The molecule has 1 aliphatic rings. The molecule has 154 valence electrons. The summed E-state index contributed by atoms with van der Waals surface area (Å²) in [6.45, 7) is 3.53. The smallest absolute Gasteiger partial charge is 0.220 e. The summed E-state index contributed by atoms with van der Waals surface area (Å²) >= 11 is 0. The zero-order valence-corrected chi connectivity index (χ0v) is 17.2. The van der Waals surface area contributed by atoms with E-state index in [4.69, 9.17) is 9.47 Å². The van der Waals surface area contributed by atoms with Crippen molar-refractivity contribution in [2.75, 3.05) is 33.9 Å². The molecule has 1 amide bonds. The number of ketones is 1. The normalized spacial score (nSPS) is 13.8. The number of carbonyl (C=O) groups excluding carboxylic acids is 2. The fourth-order valence-corrected chi connectivity index (χ4v) is 3.27. The van der Waals surface area contributed by atoms with E-state index in [-0.39, 0.29) is 30.6 Å². The lowest BCUT2D eigenvalue weighted by molar-refractivity contribution is -0.121. The monoisotopic (exact) mass is 396 g/mol. The van der Waals surface area contributed by atoms with Crippen LogP contribution in [0.5, 0.6) is 11.5 Å². The molecule has 1 unspecified atom stereocenters. The first-order valence-corrected chi connectivity index (χ1v) is 9.86. The number of hydrogen-bond donors (Lipinski definition) is 1. The van der Waals surface area contributed by atoms with E-state index in [1.807, 2.05) is 14.1 Å². The Bertz CT molecular complexity index is 862. The van der Waals surface area contributed by atoms with Gasteiger partial charge >= 0.3 is 0 Å². The van der Waals surface area contributed by atoms with E-state index in [0.29, 0.717) is 36.8 Å². The molecular formula is C23H28N2O4. The molecule has 1 atom stereocenters. The van der Waals surface area contributed by atoms with Crippen molar-refractivity contribution in [2.24, 2.45) is 0 Å². The number of amides is 1. The molecular weight excluding hydrogens is 368 g/mol. The van der Waals surface area contributed by atoms with Gasteiger partial charge in [0.15, 0.2) is 17.3 Å². The molecule has 0 spiro atoms. The second-order valence-electron chi connectivity index (χ2n) is 7.48. The van der Waals surface area contributed by atoms with Crippen molar-refractivity contribution in [3.8, 4) is 11.5 Å². The SMILES string of the molecule is Cc1ccc(C(CNC(=O)CCC(=O)c2ccc3c(c2)OCCO3)N(C)C)cc1. The van der Waals surface area contributed by atoms with Crippen LogP contribution in [0.15, 0.2) is 42.5 Å². The van der Waals surface area contributed by atoms with Gasteiger partial charge in [-0.25, -0.2) is 0 Å². The fourth-order valence-electron chi connectivity index (χ4n) is 3.27. The molecule has 0 aromatic heterocycles. The largest absolute Gasteiger partial charge is 0.486 e. The Morgan fingerprint density at radius 1 is 1.00 bits per heavy atom. The van der Waals surface area contributed by atoms with Crippen LogP contribution < -0.4 is 14.8 Å². The molecule has 29 heavy (non-hydrogen) atoms. The number of rotatable bonds is 8. The minimum absolute atomic E-state index is 0.0769. The third kappa shape index (κ3) is 5.57. The zero-order valence-electron chi connectivity index (χ0n) is 17.2. The van der Waals surface area contributed by atoms with E-state index in [9.17, 15) is 9.59 Å². The first-order chi connectivity index (χ1) is 13.9. The van der Waals surface area contributed by atoms with E-state index in [1.165, 1.54) is 5.56 Å². The molecule has 0 fully saturated rings. The van der Waals surface area contributed by atoms with Crippen LogP contribution >= 0.6 is 0 Å². The maximum Gasteiger partial charge on any atom is 0.220 e. The molecule has 3 rings (SSSR count). The third-order valence-electron chi connectivity index (χ3n) is 5.02. The van der Waals surface area contributed by atoms with Gasteiger partial charge in [-0.15, -0.1) is 0 Å². The molecule has 0 aliphatic carbocycles. The van der Waals surface area contributed by atoms with Gasteiger partial charge < -0.3 is 19.7 Å². The quantitative estimate of drug-likeness (QED) is 0.695. The lowest BCUT2D eigenvalue weighted by Gasteiger charge is -2.25. The number of carbonyl (C=O) groups is 2. The van der Waals surface area contributed by atoms with Crippen molar-refractivity contribution in [2.45, 2.75) is 25.8 Å². The van der Waals surface area contributed by atoms with Crippen LogP contribution in [0.1, 0.15) is 40.4 Å². The third-order valence-corrected chi connectivity index (χ3v) is 5.02. The molecule has 2 aromatic rings. The molecule has 0 saturated heterocycles. The summed E-state index contributed by atoms with van der Waals surface area (Å²) in [4.78, 5) is 26.8. The van der Waals surface area contributed by atoms with Gasteiger partial charge in [-0.3, -0.25) is 9.59 Å². The maximum atomic E-state index is 12.5. The predicted molar refractivity (Wildman–Crippen MR) is 112 cm³/mol. The average Bonchev–Trinajstić information content (AvgIpc) is 2.72. The zero-order chi connectivity index (χ0) is 20.8. The molecule has 1 aliphatic heterocycles. The number of aryl methyl sites for hydroxylation is 1. The Morgan fingerprint density at radius 2 is 1.69 bits per heavy atom. The minimum atomic E-state index is -0.130. The molecule has 1 N–H and O–H groups in total. The summed E-state index contributed by atoms with van der Waals surface area (Å²) in [6, 6.07) is 13.5. The Morgan fingerprint density at radius 3 is 2.38 bits per heavy atom. The number of Topliss-reactive ketones (excluding diaryl/α,β-unsaturated/α-hetero) is 1.